The van der Waals surface area contributed by atoms with Gasteiger partial charge in [0.2, 0.25) is 0 Å². The molecule has 0 aromatic heterocycles. The molecule has 1 fully saturated rings. The molecule has 0 aliphatic heterocycles. The molecule has 172 valence electrons. The van der Waals surface area contributed by atoms with E-state index < -0.39 is 5.97 Å². The highest BCUT2D eigenvalue weighted by Gasteiger charge is 2.18. The maximum Gasteiger partial charge on any atom is 0.343 e. The molecule has 32 heavy (non-hydrogen) atoms. The molecule has 4 heteroatoms. The van der Waals surface area contributed by atoms with Crippen molar-refractivity contribution in [3.63, 3.8) is 0 Å². The van der Waals surface area contributed by atoms with E-state index in [1.807, 2.05) is 12.1 Å². The Morgan fingerprint density at radius 1 is 0.906 bits per heavy atom. The molecule has 0 N–H and O–H groups in total. The lowest BCUT2D eigenvalue weighted by atomic mass is 9.79. The van der Waals surface area contributed by atoms with Gasteiger partial charge in [0.15, 0.2) is 0 Å². The van der Waals surface area contributed by atoms with Gasteiger partial charge in [-0.05, 0) is 86.1 Å². The van der Waals surface area contributed by atoms with Crippen LogP contribution < -0.4 is 14.2 Å². The zero-order chi connectivity index (χ0) is 22.6. The molecule has 0 heterocycles. The average molecular weight is 437 g/mol. The Bertz CT molecular complexity index is 831. The van der Waals surface area contributed by atoms with Crippen LogP contribution in [0.5, 0.6) is 17.2 Å². The van der Waals surface area contributed by atoms with Crippen LogP contribution >= 0.6 is 0 Å². The Labute approximate surface area is 192 Å². The number of hydrogen-bond acceptors (Lipinski definition) is 4. The zero-order valence-electron chi connectivity index (χ0n) is 19.4. The number of hydrogen-bond donors (Lipinski definition) is 0. The standard InChI is InChI=1S/C28H36O4/c1-3-4-5-7-22-9-11-23(12-10-22)8-6-21-31-26-17-19-27(20-18-26)32-28(29)24-13-15-25(30-2)16-14-24/h6,8,13-20,22-23H,3-5,7,9-12,21H2,1-2H3. The van der Waals surface area contributed by atoms with E-state index in [0.29, 0.717) is 29.6 Å². The highest BCUT2D eigenvalue weighted by atomic mass is 16.5. The highest BCUT2D eigenvalue weighted by molar-refractivity contribution is 5.91. The first-order valence-electron chi connectivity index (χ1n) is 11.9. The maximum absolute atomic E-state index is 12.2. The molecule has 2 aromatic rings. The first kappa shape index (κ1) is 23.9. The molecule has 3 rings (SSSR count). The first-order valence-corrected chi connectivity index (χ1v) is 11.9. The van der Waals surface area contributed by atoms with Crippen molar-refractivity contribution in [2.75, 3.05) is 13.7 Å². The summed E-state index contributed by atoms with van der Waals surface area (Å²) in [7, 11) is 1.59. The third-order valence-electron chi connectivity index (χ3n) is 6.22. The van der Waals surface area contributed by atoms with E-state index in [4.69, 9.17) is 14.2 Å². The second kappa shape index (κ2) is 12.9. The quantitative estimate of drug-likeness (QED) is 0.161. The smallest absolute Gasteiger partial charge is 0.343 e. The summed E-state index contributed by atoms with van der Waals surface area (Å²) in [6.45, 7) is 2.83. The number of carbonyl (C=O) groups is 1. The summed E-state index contributed by atoms with van der Waals surface area (Å²) < 4.78 is 16.3. The Morgan fingerprint density at radius 2 is 1.56 bits per heavy atom. The van der Waals surface area contributed by atoms with Gasteiger partial charge in [-0.25, -0.2) is 4.79 Å². The monoisotopic (exact) mass is 436 g/mol. The van der Waals surface area contributed by atoms with Crippen LogP contribution in [0.25, 0.3) is 0 Å². The number of carbonyl (C=O) groups excluding carboxylic acids is 1. The van der Waals surface area contributed by atoms with Crippen LogP contribution in [0.2, 0.25) is 0 Å². The van der Waals surface area contributed by atoms with E-state index in [2.05, 4.69) is 19.1 Å². The third-order valence-corrected chi connectivity index (χ3v) is 6.22. The van der Waals surface area contributed by atoms with Crippen molar-refractivity contribution in [2.45, 2.75) is 58.3 Å². The number of rotatable bonds is 11. The number of unbranched alkanes of at least 4 members (excludes halogenated alkanes) is 2. The van der Waals surface area contributed by atoms with Gasteiger partial charge in [-0.3, -0.25) is 0 Å². The van der Waals surface area contributed by atoms with Crippen molar-refractivity contribution in [2.24, 2.45) is 11.8 Å². The van der Waals surface area contributed by atoms with Gasteiger partial charge in [-0.2, -0.15) is 0 Å². The van der Waals surface area contributed by atoms with Crippen LogP contribution in [-0.2, 0) is 0 Å². The van der Waals surface area contributed by atoms with Crippen molar-refractivity contribution in [1.29, 1.82) is 0 Å². The van der Waals surface area contributed by atoms with E-state index in [1.165, 1.54) is 51.4 Å². The minimum atomic E-state index is -0.399. The van der Waals surface area contributed by atoms with Crippen molar-refractivity contribution in [3.8, 4) is 17.2 Å². The fourth-order valence-corrected chi connectivity index (χ4v) is 4.24. The van der Waals surface area contributed by atoms with Crippen LogP contribution in [-0.4, -0.2) is 19.7 Å². The van der Waals surface area contributed by atoms with Crippen molar-refractivity contribution in [1.82, 2.24) is 0 Å². The minimum absolute atomic E-state index is 0.399. The molecule has 4 nitrogen and oxygen atoms in total. The largest absolute Gasteiger partial charge is 0.497 e. The van der Waals surface area contributed by atoms with Gasteiger partial charge in [-0.1, -0.05) is 44.8 Å². The fraction of sp³-hybridized carbons (Fsp3) is 0.464. The van der Waals surface area contributed by atoms with Crippen LogP contribution in [0, 0.1) is 11.8 Å². The molecule has 2 aromatic carbocycles. The van der Waals surface area contributed by atoms with Crippen LogP contribution in [0.3, 0.4) is 0 Å². The number of methoxy groups -OCH3 is 1. The number of esters is 1. The molecular weight excluding hydrogens is 400 g/mol. The van der Waals surface area contributed by atoms with Gasteiger partial charge < -0.3 is 14.2 Å². The van der Waals surface area contributed by atoms with Crippen LogP contribution in [0.15, 0.2) is 60.7 Å². The molecule has 0 unspecified atom stereocenters. The lowest BCUT2D eigenvalue weighted by Gasteiger charge is -2.26. The number of ether oxygens (including phenoxy) is 3. The van der Waals surface area contributed by atoms with Gasteiger partial charge in [0, 0.05) is 0 Å². The Kier molecular flexibility index (Phi) is 9.67. The van der Waals surface area contributed by atoms with Gasteiger partial charge in [0.1, 0.15) is 23.9 Å². The Morgan fingerprint density at radius 3 is 2.22 bits per heavy atom. The molecule has 0 radical (unpaired) electrons. The van der Waals surface area contributed by atoms with Gasteiger partial charge in [0.05, 0.1) is 12.7 Å². The second-order valence-electron chi connectivity index (χ2n) is 8.61. The topological polar surface area (TPSA) is 44.8 Å². The molecular formula is C28H36O4. The molecule has 0 atom stereocenters. The lowest BCUT2D eigenvalue weighted by Crippen LogP contribution is -2.13. The predicted molar refractivity (Wildman–Crippen MR) is 129 cm³/mol. The molecule has 0 saturated heterocycles. The predicted octanol–water partition coefficient (Wildman–Crippen LogP) is 7.24. The molecule has 1 aliphatic carbocycles. The van der Waals surface area contributed by atoms with E-state index >= 15 is 0 Å². The summed E-state index contributed by atoms with van der Waals surface area (Å²) in [5, 5.41) is 0. The van der Waals surface area contributed by atoms with Gasteiger partial charge in [-0.15, -0.1) is 0 Å². The van der Waals surface area contributed by atoms with E-state index in [9.17, 15) is 4.79 Å². The molecule has 0 bridgehead atoms. The molecule has 1 saturated carbocycles. The normalized spacial score (nSPS) is 18.4. The molecule has 0 spiro atoms. The van der Waals surface area contributed by atoms with Crippen LogP contribution in [0.4, 0.5) is 0 Å². The maximum atomic E-state index is 12.2. The lowest BCUT2D eigenvalue weighted by molar-refractivity contribution is 0.0734. The van der Waals surface area contributed by atoms with Crippen molar-refractivity contribution in [3.05, 3.63) is 66.2 Å². The number of benzene rings is 2. The SMILES string of the molecule is CCCCCC1CCC(C=CCOc2ccc(OC(=O)c3ccc(OC)cc3)cc2)CC1. The second-order valence-corrected chi connectivity index (χ2v) is 8.61. The van der Waals surface area contributed by atoms with E-state index in [0.717, 1.165) is 11.7 Å². The third kappa shape index (κ3) is 7.74. The van der Waals surface area contributed by atoms with E-state index in [1.54, 1.807) is 43.5 Å². The van der Waals surface area contributed by atoms with Gasteiger partial charge >= 0.3 is 5.97 Å². The summed E-state index contributed by atoms with van der Waals surface area (Å²) in [6, 6.07) is 14.0. The van der Waals surface area contributed by atoms with Crippen molar-refractivity contribution < 1.29 is 19.0 Å². The Hall–Kier alpha value is -2.75. The first-order chi connectivity index (χ1) is 15.7. The highest BCUT2D eigenvalue weighted by Crippen LogP contribution is 2.32. The van der Waals surface area contributed by atoms with Crippen molar-refractivity contribution >= 4 is 5.97 Å². The minimum Gasteiger partial charge on any atom is -0.497 e. The zero-order valence-corrected chi connectivity index (χ0v) is 19.4. The fourth-order valence-electron chi connectivity index (χ4n) is 4.24. The Balaban J connectivity index is 1.36. The van der Waals surface area contributed by atoms with E-state index in [-0.39, 0.29) is 0 Å². The summed E-state index contributed by atoms with van der Waals surface area (Å²) >= 11 is 0. The van der Waals surface area contributed by atoms with Crippen LogP contribution in [0.1, 0.15) is 68.6 Å². The summed E-state index contributed by atoms with van der Waals surface area (Å²) in [4.78, 5) is 12.2. The average Bonchev–Trinajstić information content (AvgIpc) is 2.84. The molecule has 1 aliphatic rings. The number of allylic oxidation sites excluding steroid dienone is 1. The van der Waals surface area contributed by atoms with Gasteiger partial charge in [0.25, 0.3) is 0 Å². The summed E-state index contributed by atoms with van der Waals surface area (Å²) in [5.74, 6) is 3.19. The summed E-state index contributed by atoms with van der Waals surface area (Å²) in [6.07, 6.45) is 15.3. The summed E-state index contributed by atoms with van der Waals surface area (Å²) in [5.41, 5.74) is 0.478. The molecule has 0 amide bonds.